The summed E-state index contributed by atoms with van der Waals surface area (Å²) < 4.78 is 24.5. The first kappa shape index (κ1) is 19.4. The molecule has 3 nitrogen and oxygen atoms in total. The average molecular weight is 375 g/mol. The predicted molar refractivity (Wildman–Crippen MR) is 101 cm³/mol. The zero-order valence-electron chi connectivity index (χ0n) is 14.0. The summed E-state index contributed by atoms with van der Waals surface area (Å²) in [6, 6.07) is 6.86. The van der Waals surface area contributed by atoms with Gasteiger partial charge >= 0.3 is 0 Å². The molecule has 0 atom stereocenters. The van der Waals surface area contributed by atoms with E-state index in [1.807, 2.05) is 0 Å². The Balaban J connectivity index is 1.61. The molecule has 0 unspecified atom stereocenters. The van der Waals surface area contributed by atoms with Gasteiger partial charge in [0, 0.05) is 23.5 Å². The third kappa shape index (κ3) is 7.32. The number of anilines is 1. The van der Waals surface area contributed by atoms with E-state index >= 15 is 0 Å². The quantitative estimate of drug-likeness (QED) is 0.389. The van der Waals surface area contributed by atoms with Crippen molar-refractivity contribution in [1.29, 1.82) is 0 Å². The van der Waals surface area contributed by atoms with Crippen molar-refractivity contribution < 1.29 is 13.7 Å². The third-order valence-electron chi connectivity index (χ3n) is 4.31. The lowest BCUT2D eigenvalue weighted by Gasteiger charge is -2.27. The Hall–Kier alpha value is -0.920. The van der Waals surface area contributed by atoms with Crippen LogP contribution < -0.4 is 15.5 Å². The smallest absolute Gasteiger partial charge is 0.288 e. The fourth-order valence-electron chi connectivity index (χ4n) is 2.86. The van der Waals surface area contributed by atoms with Crippen molar-refractivity contribution >= 4 is 34.8 Å². The van der Waals surface area contributed by atoms with Crippen LogP contribution >= 0.6 is 24.0 Å². The largest absolute Gasteiger partial charge is 0.362 e. The van der Waals surface area contributed by atoms with Crippen LogP contribution in [0.4, 0.5) is 14.5 Å². The summed E-state index contributed by atoms with van der Waals surface area (Å²) >= 11 is 5.81. The number of thiocarbonyl (C=S) groups is 1. The van der Waals surface area contributed by atoms with Crippen LogP contribution in [-0.4, -0.2) is 37.0 Å². The van der Waals surface area contributed by atoms with E-state index in [1.165, 1.54) is 32.5 Å². The molecule has 1 aliphatic heterocycles. The van der Waals surface area contributed by atoms with E-state index in [-0.39, 0.29) is 0 Å². The molecule has 1 saturated heterocycles. The highest BCUT2D eigenvalue weighted by molar-refractivity contribution is 7.99. The minimum absolute atomic E-state index is 0.545. The molecule has 0 amide bonds. The van der Waals surface area contributed by atoms with E-state index in [9.17, 15) is 8.78 Å². The molecule has 1 fully saturated rings. The topological polar surface area (TPSA) is 28.5 Å². The van der Waals surface area contributed by atoms with Crippen LogP contribution in [0.1, 0.15) is 26.2 Å². The lowest BCUT2D eigenvalue weighted by Crippen LogP contribution is -3.13. The first-order chi connectivity index (χ1) is 11.5. The fraction of sp³-hybridized carbons (Fsp3) is 0.588. The molecule has 1 aromatic rings. The first-order valence-corrected chi connectivity index (χ1v) is 9.75. The fourth-order valence-corrected chi connectivity index (χ4v) is 3.57. The Morgan fingerprint density at radius 1 is 1.29 bits per heavy atom. The first-order valence-electron chi connectivity index (χ1n) is 8.46. The van der Waals surface area contributed by atoms with Crippen LogP contribution in [0.3, 0.4) is 0 Å². The number of quaternary nitrogens is 1. The van der Waals surface area contributed by atoms with Crippen molar-refractivity contribution in [1.82, 2.24) is 5.32 Å². The summed E-state index contributed by atoms with van der Waals surface area (Å²) in [6.07, 6.45) is 3.76. The van der Waals surface area contributed by atoms with Crippen molar-refractivity contribution in [2.75, 3.05) is 31.5 Å². The van der Waals surface area contributed by atoms with Crippen LogP contribution in [0, 0.1) is 5.92 Å². The minimum Gasteiger partial charge on any atom is -0.362 e. The van der Waals surface area contributed by atoms with Crippen LogP contribution in [0.15, 0.2) is 29.2 Å². The zero-order chi connectivity index (χ0) is 17.4. The SMILES string of the molecule is CC1CC[NH+](CCCNC(=S)Nc2ccc(SC(F)F)cc2)CC1. The summed E-state index contributed by atoms with van der Waals surface area (Å²) in [6.45, 7) is 6.94. The van der Waals surface area contributed by atoms with Crippen LogP contribution in [0.2, 0.25) is 0 Å². The van der Waals surface area contributed by atoms with E-state index in [0.717, 1.165) is 24.6 Å². The minimum atomic E-state index is -2.39. The molecule has 2 rings (SSSR count). The number of benzene rings is 1. The second-order valence-corrected chi connectivity index (χ2v) is 7.79. The maximum atomic E-state index is 12.3. The van der Waals surface area contributed by atoms with Crippen molar-refractivity contribution in [2.45, 2.75) is 36.8 Å². The second kappa shape index (κ2) is 10.2. The predicted octanol–water partition coefficient (Wildman–Crippen LogP) is 2.99. The summed E-state index contributed by atoms with van der Waals surface area (Å²) in [5.41, 5.74) is 0.807. The molecule has 1 heterocycles. The van der Waals surface area contributed by atoms with Crippen molar-refractivity contribution in [2.24, 2.45) is 5.92 Å². The molecule has 0 radical (unpaired) electrons. The van der Waals surface area contributed by atoms with Gasteiger partial charge in [-0.25, -0.2) is 0 Å². The molecular formula is C17H26F2N3S2+. The number of thioether (sulfide) groups is 1. The monoisotopic (exact) mass is 374 g/mol. The Bertz CT molecular complexity index is 503. The van der Waals surface area contributed by atoms with Gasteiger partial charge in [0.25, 0.3) is 5.76 Å². The van der Waals surface area contributed by atoms with E-state index in [4.69, 9.17) is 12.2 Å². The summed E-state index contributed by atoms with van der Waals surface area (Å²) in [5.74, 6) is -1.51. The number of hydrogen-bond donors (Lipinski definition) is 3. The average Bonchev–Trinajstić information content (AvgIpc) is 2.55. The lowest BCUT2D eigenvalue weighted by atomic mass is 9.99. The Labute approximate surface area is 152 Å². The maximum absolute atomic E-state index is 12.3. The molecular weight excluding hydrogens is 348 g/mol. The van der Waals surface area contributed by atoms with E-state index in [0.29, 0.717) is 21.8 Å². The maximum Gasteiger partial charge on any atom is 0.288 e. The van der Waals surface area contributed by atoms with E-state index in [1.54, 1.807) is 29.2 Å². The highest BCUT2D eigenvalue weighted by Crippen LogP contribution is 2.26. The summed E-state index contributed by atoms with van der Waals surface area (Å²) in [5, 5.41) is 6.87. The molecule has 7 heteroatoms. The highest BCUT2D eigenvalue weighted by Gasteiger charge is 2.17. The number of hydrogen-bond acceptors (Lipinski definition) is 2. The summed E-state index contributed by atoms with van der Waals surface area (Å²) in [7, 11) is 0. The lowest BCUT2D eigenvalue weighted by molar-refractivity contribution is -0.906. The van der Waals surface area contributed by atoms with Crippen molar-refractivity contribution in [3.05, 3.63) is 24.3 Å². The Morgan fingerprint density at radius 2 is 1.96 bits per heavy atom. The molecule has 0 bridgehead atoms. The van der Waals surface area contributed by atoms with Gasteiger partial charge in [0.15, 0.2) is 5.11 Å². The van der Waals surface area contributed by atoms with E-state index < -0.39 is 5.76 Å². The highest BCUT2D eigenvalue weighted by atomic mass is 32.2. The molecule has 0 saturated carbocycles. The van der Waals surface area contributed by atoms with Crippen LogP contribution in [0.5, 0.6) is 0 Å². The molecule has 134 valence electrons. The van der Waals surface area contributed by atoms with Gasteiger partial charge in [-0.3, -0.25) is 0 Å². The van der Waals surface area contributed by atoms with Gasteiger partial charge < -0.3 is 15.5 Å². The van der Waals surface area contributed by atoms with Gasteiger partial charge in [-0.2, -0.15) is 8.78 Å². The van der Waals surface area contributed by atoms with Gasteiger partial charge in [0.2, 0.25) is 0 Å². The van der Waals surface area contributed by atoms with Gasteiger partial charge in [0.1, 0.15) is 0 Å². The molecule has 0 spiro atoms. The van der Waals surface area contributed by atoms with Gasteiger partial charge in [-0.1, -0.05) is 18.7 Å². The molecule has 1 aromatic carbocycles. The van der Waals surface area contributed by atoms with Gasteiger partial charge in [0.05, 0.1) is 19.6 Å². The molecule has 0 aromatic heterocycles. The van der Waals surface area contributed by atoms with Crippen molar-refractivity contribution in [3.8, 4) is 0 Å². The molecule has 0 aliphatic carbocycles. The normalized spacial score (nSPS) is 20.8. The number of alkyl halides is 2. The summed E-state index contributed by atoms with van der Waals surface area (Å²) in [4.78, 5) is 2.24. The number of likely N-dealkylation sites (tertiary alicyclic amines) is 1. The van der Waals surface area contributed by atoms with Crippen LogP contribution in [-0.2, 0) is 0 Å². The number of rotatable bonds is 7. The standard InChI is InChI=1S/C17H25F2N3S2/c1-13-7-11-22(12-8-13)10-2-9-20-17(23)21-14-3-5-15(6-4-14)24-16(18)19/h3-6,13,16H,2,7-12H2,1H3,(H2,20,21,23)/p+1. The third-order valence-corrected chi connectivity index (χ3v) is 5.28. The molecule has 3 N–H and O–H groups in total. The number of nitrogens with one attached hydrogen (secondary N) is 3. The van der Waals surface area contributed by atoms with Gasteiger partial charge in [-0.05, 0) is 55.2 Å². The van der Waals surface area contributed by atoms with Gasteiger partial charge in [-0.15, -0.1) is 0 Å². The Kier molecular flexibility index (Phi) is 8.21. The number of piperidine rings is 1. The van der Waals surface area contributed by atoms with E-state index in [2.05, 4.69) is 17.6 Å². The van der Waals surface area contributed by atoms with Crippen LogP contribution in [0.25, 0.3) is 0 Å². The number of halogens is 2. The molecule has 1 aliphatic rings. The second-order valence-electron chi connectivity index (χ2n) is 6.32. The zero-order valence-corrected chi connectivity index (χ0v) is 15.6. The van der Waals surface area contributed by atoms with Crippen molar-refractivity contribution in [3.63, 3.8) is 0 Å². The Morgan fingerprint density at radius 3 is 2.58 bits per heavy atom. The molecule has 24 heavy (non-hydrogen) atoms.